The van der Waals surface area contributed by atoms with Crippen LogP contribution in [0, 0.1) is 11.8 Å². The number of phosphoric acid groups is 2. The number of aliphatic hydroxyl groups excluding tert-OH is 1. The van der Waals surface area contributed by atoms with Crippen LogP contribution in [0.3, 0.4) is 0 Å². The highest BCUT2D eigenvalue weighted by atomic mass is 31.2. The molecule has 3 N–H and O–H groups in total. The molecule has 0 aliphatic heterocycles. The molecule has 0 saturated heterocycles. The molecular weight excluding hydrogens is 1110 g/mol. The van der Waals surface area contributed by atoms with Crippen molar-refractivity contribution >= 4 is 39.5 Å². The molecule has 0 spiro atoms. The van der Waals surface area contributed by atoms with E-state index in [0.29, 0.717) is 25.7 Å². The molecule has 7 atom stereocenters. The fraction of sp³-hybridized carbons (Fsp3) is 0.938. The average molecular weight is 1240 g/mol. The molecule has 0 aliphatic rings. The summed E-state index contributed by atoms with van der Waals surface area (Å²) in [4.78, 5) is 72.0. The molecule has 19 heteroatoms. The van der Waals surface area contributed by atoms with Gasteiger partial charge in [0.2, 0.25) is 0 Å². The molecule has 498 valence electrons. The van der Waals surface area contributed by atoms with Crippen LogP contribution >= 0.6 is 15.6 Å². The second-order valence-corrected chi connectivity index (χ2v) is 26.9. The zero-order valence-electron chi connectivity index (χ0n) is 54.2. The van der Waals surface area contributed by atoms with Crippen LogP contribution in [0.4, 0.5) is 0 Å². The molecule has 0 radical (unpaired) electrons. The van der Waals surface area contributed by atoms with Crippen LogP contribution < -0.4 is 0 Å². The molecule has 0 saturated carbocycles. The van der Waals surface area contributed by atoms with E-state index in [4.69, 9.17) is 37.0 Å². The second-order valence-electron chi connectivity index (χ2n) is 24.0. The Hall–Kier alpha value is -1.94. The minimum absolute atomic E-state index is 0.105. The van der Waals surface area contributed by atoms with Crippen molar-refractivity contribution in [1.29, 1.82) is 0 Å². The predicted molar refractivity (Wildman–Crippen MR) is 335 cm³/mol. The SMILES string of the molecule is CCCCCCCCCCCC(=O)O[C@H](COC(=O)CCCCCCC)COP(=O)(O)OC[C@H](O)COP(=O)(O)OC[C@@H](COC(=O)CCCCCCCCCCC(C)CC)OC(=O)CCCCCCCCCCCCCCCCC(C)CC. The molecule has 0 aromatic rings. The third-order valence-electron chi connectivity index (χ3n) is 15.7. The van der Waals surface area contributed by atoms with Gasteiger partial charge in [0, 0.05) is 25.7 Å². The van der Waals surface area contributed by atoms with Crippen molar-refractivity contribution in [2.24, 2.45) is 11.8 Å². The molecule has 0 aromatic heterocycles. The maximum Gasteiger partial charge on any atom is 0.472 e. The first kappa shape index (κ1) is 82.1. The van der Waals surface area contributed by atoms with Crippen LogP contribution in [0.25, 0.3) is 0 Å². The summed E-state index contributed by atoms with van der Waals surface area (Å²) >= 11 is 0. The number of ether oxygens (including phenoxy) is 4. The fourth-order valence-electron chi connectivity index (χ4n) is 9.64. The molecule has 0 aromatic carbocycles. The second kappa shape index (κ2) is 57.5. The van der Waals surface area contributed by atoms with Gasteiger partial charge in [-0.15, -0.1) is 0 Å². The van der Waals surface area contributed by atoms with Gasteiger partial charge in [-0.2, -0.15) is 0 Å². The first-order valence-corrected chi connectivity index (χ1v) is 37.1. The molecule has 0 rings (SSSR count). The lowest BCUT2D eigenvalue weighted by Gasteiger charge is -2.21. The normalized spacial score (nSPS) is 14.9. The smallest absolute Gasteiger partial charge is 0.462 e. The van der Waals surface area contributed by atoms with E-state index in [0.717, 1.165) is 108 Å². The van der Waals surface area contributed by atoms with E-state index in [1.807, 2.05) is 0 Å². The van der Waals surface area contributed by atoms with Crippen LogP contribution in [-0.2, 0) is 65.4 Å². The Morgan fingerprint density at radius 2 is 0.571 bits per heavy atom. The number of aliphatic hydroxyl groups is 1. The Balaban J connectivity index is 5.15. The summed E-state index contributed by atoms with van der Waals surface area (Å²) in [5, 5.41) is 10.5. The van der Waals surface area contributed by atoms with E-state index >= 15 is 0 Å². The Morgan fingerprint density at radius 3 is 0.845 bits per heavy atom. The zero-order valence-corrected chi connectivity index (χ0v) is 56.0. The largest absolute Gasteiger partial charge is 0.472 e. The quantitative estimate of drug-likeness (QED) is 0.0222. The van der Waals surface area contributed by atoms with E-state index in [1.54, 1.807) is 0 Å². The first-order valence-electron chi connectivity index (χ1n) is 34.1. The standard InChI is InChI=1S/C65H126O17P2/c1-7-11-13-15-16-23-31-37-43-49-64(69)81-60(53-75-62(67)47-41-33-14-12-8-2)55-79-83(71,72)77-51-59(66)52-78-84(73,74)80-56-61(54-76-63(68)48-42-36-30-27-26-29-35-40-46-58(6)10-4)82-65(70)50-44-38-32-25-22-20-18-17-19-21-24-28-34-39-45-57(5)9-3/h57-61,66H,7-56H2,1-6H3,(H,71,72)(H,73,74)/t57?,58?,59-,60+,61+/m0/s1. The minimum Gasteiger partial charge on any atom is -0.462 e. The molecule has 0 aliphatic carbocycles. The van der Waals surface area contributed by atoms with E-state index in [-0.39, 0.29) is 25.7 Å². The van der Waals surface area contributed by atoms with Gasteiger partial charge in [-0.05, 0) is 37.5 Å². The van der Waals surface area contributed by atoms with E-state index < -0.39 is 97.5 Å². The predicted octanol–water partition coefficient (Wildman–Crippen LogP) is 18.0. The highest BCUT2D eigenvalue weighted by Gasteiger charge is 2.30. The fourth-order valence-corrected chi connectivity index (χ4v) is 11.2. The summed E-state index contributed by atoms with van der Waals surface area (Å²) in [6.07, 6.45) is 40.6. The average Bonchev–Trinajstić information content (AvgIpc) is 3.51. The van der Waals surface area contributed by atoms with Gasteiger partial charge in [-0.1, -0.05) is 273 Å². The third-order valence-corrected chi connectivity index (χ3v) is 17.6. The highest BCUT2D eigenvalue weighted by Crippen LogP contribution is 2.45. The summed E-state index contributed by atoms with van der Waals surface area (Å²) < 4.78 is 67.8. The number of carbonyl (C=O) groups excluding carboxylic acids is 4. The van der Waals surface area contributed by atoms with Gasteiger partial charge in [0.1, 0.15) is 19.3 Å². The van der Waals surface area contributed by atoms with Crippen molar-refractivity contribution < 1.29 is 80.2 Å². The first-order chi connectivity index (χ1) is 40.4. The monoisotopic (exact) mass is 1240 g/mol. The maximum atomic E-state index is 13.0. The molecule has 0 amide bonds. The van der Waals surface area contributed by atoms with Gasteiger partial charge in [-0.25, -0.2) is 9.13 Å². The molecule has 0 fully saturated rings. The summed E-state index contributed by atoms with van der Waals surface area (Å²) in [5.74, 6) is -0.521. The Kier molecular flexibility index (Phi) is 56.2. The van der Waals surface area contributed by atoms with Gasteiger partial charge >= 0.3 is 39.5 Å². The lowest BCUT2D eigenvalue weighted by Crippen LogP contribution is -2.30. The van der Waals surface area contributed by atoms with Gasteiger partial charge in [0.25, 0.3) is 0 Å². The molecule has 84 heavy (non-hydrogen) atoms. The maximum absolute atomic E-state index is 13.0. The number of hydrogen-bond acceptors (Lipinski definition) is 15. The van der Waals surface area contributed by atoms with Gasteiger partial charge < -0.3 is 33.8 Å². The number of esters is 4. The van der Waals surface area contributed by atoms with Crippen molar-refractivity contribution in [1.82, 2.24) is 0 Å². The lowest BCUT2D eigenvalue weighted by molar-refractivity contribution is -0.161. The van der Waals surface area contributed by atoms with E-state index in [1.165, 1.54) is 135 Å². The Morgan fingerprint density at radius 1 is 0.333 bits per heavy atom. The van der Waals surface area contributed by atoms with Crippen LogP contribution in [0.1, 0.15) is 324 Å². The van der Waals surface area contributed by atoms with Crippen molar-refractivity contribution in [2.45, 2.75) is 342 Å². The van der Waals surface area contributed by atoms with E-state index in [9.17, 15) is 43.2 Å². The van der Waals surface area contributed by atoms with Crippen molar-refractivity contribution in [3.8, 4) is 0 Å². The number of carbonyl (C=O) groups is 4. The topological polar surface area (TPSA) is 237 Å². The molecule has 17 nitrogen and oxygen atoms in total. The molecule has 0 heterocycles. The minimum atomic E-state index is -4.94. The van der Waals surface area contributed by atoms with Crippen LogP contribution in [0.15, 0.2) is 0 Å². The van der Waals surface area contributed by atoms with E-state index in [2.05, 4.69) is 41.5 Å². The molecule has 0 bridgehead atoms. The van der Waals surface area contributed by atoms with Gasteiger partial charge in [0.05, 0.1) is 26.4 Å². The van der Waals surface area contributed by atoms with Crippen LogP contribution in [0.5, 0.6) is 0 Å². The van der Waals surface area contributed by atoms with Gasteiger partial charge in [0.15, 0.2) is 12.2 Å². The van der Waals surface area contributed by atoms with Crippen LogP contribution in [-0.4, -0.2) is 96.7 Å². The molecule has 4 unspecified atom stereocenters. The lowest BCUT2D eigenvalue weighted by atomic mass is 9.99. The van der Waals surface area contributed by atoms with Crippen molar-refractivity contribution in [2.75, 3.05) is 39.6 Å². The third kappa shape index (κ3) is 56.6. The zero-order chi connectivity index (χ0) is 62.2. The Bertz CT molecular complexity index is 1650. The summed E-state index contributed by atoms with van der Waals surface area (Å²) in [6.45, 7) is 9.46. The van der Waals surface area contributed by atoms with Crippen LogP contribution in [0.2, 0.25) is 0 Å². The summed E-state index contributed by atoms with van der Waals surface area (Å²) in [7, 11) is -9.88. The highest BCUT2D eigenvalue weighted by molar-refractivity contribution is 7.47. The number of phosphoric ester groups is 2. The van der Waals surface area contributed by atoms with Crippen molar-refractivity contribution in [3.63, 3.8) is 0 Å². The molecular formula is C65H126O17P2. The number of rotatable bonds is 64. The number of hydrogen-bond donors (Lipinski definition) is 3. The van der Waals surface area contributed by atoms with Crippen molar-refractivity contribution in [3.05, 3.63) is 0 Å². The van der Waals surface area contributed by atoms with Gasteiger partial charge in [-0.3, -0.25) is 37.3 Å². The summed E-state index contributed by atoms with van der Waals surface area (Å²) in [6, 6.07) is 0. The Labute approximate surface area is 511 Å². The summed E-state index contributed by atoms with van der Waals surface area (Å²) in [5.41, 5.74) is 0. The number of unbranched alkanes of at least 4 members (excludes halogenated alkanes) is 32.